The smallest absolute Gasteiger partial charge is 0.267 e. The summed E-state index contributed by atoms with van der Waals surface area (Å²) in [6.45, 7) is 2.37. The van der Waals surface area contributed by atoms with Gasteiger partial charge in [0.2, 0.25) is 5.60 Å². The minimum Gasteiger partial charge on any atom is -0.379 e. The number of hydrogen-bond donors (Lipinski definition) is 1. The van der Waals surface area contributed by atoms with E-state index in [4.69, 9.17) is 4.84 Å². The molecule has 23 heavy (non-hydrogen) atoms. The fourth-order valence-corrected chi connectivity index (χ4v) is 2.60. The number of carbonyl (C=O) groups excluding carboxylic acids is 1. The molecule has 1 atom stereocenters. The van der Waals surface area contributed by atoms with Crippen molar-refractivity contribution in [1.82, 2.24) is 5.32 Å². The minimum atomic E-state index is -0.929. The van der Waals surface area contributed by atoms with Gasteiger partial charge in [0.05, 0.1) is 5.71 Å². The van der Waals surface area contributed by atoms with Crippen LogP contribution in [-0.2, 0) is 16.1 Å². The molecule has 2 aromatic carbocycles. The van der Waals surface area contributed by atoms with Crippen molar-refractivity contribution in [2.45, 2.75) is 25.4 Å². The number of rotatable bonds is 5. The maximum atomic E-state index is 12.4. The molecule has 1 aliphatic heterocycles. The Morgan fingerprint density at radius 2 is 1.78 bits per heavy atom. The average Bonchev–Trinajstić information content (AvgIpc) is 3.00. The first-order valence-corrected chi connectivity index (χ1v) is 7.80. The molecule has 3 rings (SSSR count). The molecule has 0 fully saturated rings. The Bertz CT molecular complexity index is 698. The minimum absolute atomic E-state index is 0.122. The largest absolute Gasteiger partial charge is 0.379 e. The zero-order valence-corrected chi connectivity index (χ0v) is 13.2. The molecule has 4 heteroatoms. The van der Waals surface area contributed by atoms with E-state index < -0.39 is 5.60 Å². The number of hydrogen-bond acceptors (Lipinski definition) is 3. The van der Waals surface area contributed by atoms with Gasteiger partial charge in [0.15, 0.2) is 0 Å². The molecule has 0 aliphatic carbocycles. The first-order chi connectivity index (χ1) is 11.2. The fraction of sp³-hybridized carbons (Fsp3) is 0.263. The van der Waals surface area contributed by atoms with Crippen molar-refractivity contribution >= 4 is 11.6 Å². The second-order valence-electron chi connectivity index (χ2n) is 5.89. The summed E-state index contributed by atoms with van der Waals surface area (Å²) >= 11 is 0. The van der Waals surface area contributed by atoms with Crippen LogP contribution in [-0.4, -0.2) is 23.8 Å². The second-order valence-corrected chi connectivity index (χ2v) is 5.89. The summed E-state index contributed by atoms with van der Waals surface area (Å²) < 4.78 is 0. The number of oxime groups is 1. The van der Waals surface area contributed by atoms with Crippen LogP contribution in [0.3, 0.4) is 0 Å². The molecule has 0 radical (unpaired) electrons. The Morgan fingerprint density at radius 1 is 1.13 bits per heavy atom. The predicted molar refractivity (Wildman–Crippen MR) is 90.2 cm³/mol. The first kappa shape index (κ1) is 15.3. The highest BCUT2D eigenvalue weighted by atomic mass is 16.7. The average molecular weight is 308 g/mol. The molecule has 0 bridgehead atoms. The van der Waals surface area contributed by atoms with Crippen LogP contribution in [0.2, 0.25) is 0 Å². The van der Waals surface area contributed by atoms with Crippen molar-refractivity contribution in [3.05, 3.63) is 71.8 Å². The van der Waals surface area contributed by atoms with Crippen LogP contribution in [0, 0.1) is 0 Å². The van der Waals surface area contributed by atoms with Gasteiger partial charge < -0.3 is 10.2 Å². The zero-order chi connectivity index (χ0) is 16.1. The summed E-state index contributed by atoms with van der Waals surface area (Å²) in [7, 11) is 0. The van der Waals surface area contributed by atoms with Crippen LogP contribution < -0.4 is 5.32 Å². The van der Waals surface area contributed by atoms with E-state index >= 15 is 0 Å². The van der Waals surface area contributed by atoms with Gasteiger partial charge in [-0.15, -0.1) is 0 Å². The summed E-state index contributed by atoms with van der Waals surface area (Å²) in [5.41, 5.74) is 2.08. The molecule has 0 saturated heterocycles. The molecule has 4 nitrogen and oxygen atoms in total. The van der Waals surface area contributed by atoms with Crippen LogP contribution >= 0.6 is 0 Å². The van der Waals surface area contributed by atoms with Crippen LogP contribution in [0.5, 0.6) is 0 Å². The summed E-state index contributed by atoms with van der Waals surface area (Å²) in [5.74, 6) is -0.122. The van der Waals surface area contributed by atoms with E-state index in [9.17, 15) is 4.79 Å². The maximum Gasteiger partial charge on any atom is 0.267 e. The Labute approximate surface area is 136 Å². The highest BCUT2D eigenvalue weighted by Gasteiger charge is 2.41. The number of nitrogens with zero attached hydrogens (tertiary/aromatic N) is 1. The molecule has 118 valence electrons. The van der Waals surface area contributed by atoms with E-state index in [1.165, 1.54) is 5.56 Å². The van der Waals surface area contributed by atoms with Gasteiger partial charge in [-0.1, -0.05) is 65.8 Å². The lowest BCUT2D eigenvalue weighted by Gasteiger charge is -2.20. The van der Waals surface area contributed by atoms with Gasteiger partial charge in [0.1, 0.15) is 0 Å². The summed E-state index contributed by atoms with van der Waals surface area (Å²) in [4.78, 5) is 17.9. The maximum absolute atomic E-state index is 12.4. The normalized spacial score (nSPS) is 19.8. The molecule has 0 unspecified atom stereocenters. The van der Waals surface area contributed by atoms with Crippen molar-refractivity contribution in [2.75, 3.05) is 6.54 Å². The van der Waals surface area contributed by atoms with E-state index in [-0.39, 0.29) is 5.91 Å². The van der Waals surface area contributed by atoms with Crippen molar-refractivity contribution in [3.63, 3.8) is 0 Å². The van der Waals surface area contributed by atoms with Gasteiger partial charge in [-0.2, -0.15) is 0 Å². The molecule has 1 N–H and O–H groups in total. The molecule has 0 spiro atoms. The van der Waals surface area contributed by atoms with Crippen molar-refractivity contribution in [3.8, 4) is 0 Å². The molecule has 1 amide bonds. The standard InChI is InChI=1S/C19H20N2O2/c1-19(14-17(21-23-19)16-10-6-3-7-11-16)18(22)20-13-12-15-8-4-2-5-9-15/h2-11H,12-14H2,1H3,(H,20,22)/t19-/m0/s1. The zero-order valence-electron chi connectivity index (χ0n) is 13.2. The summed E-state index contributed by atoms with van der Waals surface area (Å²) in [6.07, 6.45) is 1.28. The third kappa shape index (κ3) is 3.59. The Kier molecular flexibility index (Phi) is 4.42. The number of amides is 1. The topological polar surface area (TPSA) is 50.7 Å². The number of benzene rings is 2. The fourth-order valence-electron chi connectivity index (χ4n) is 2.60. The van der Waals surface area contributed by atoms with Gasteiger partial charge in [0, 0.05) is 13.0 Å². The van der Waals surface area contributed by atoms with E-state index in [2.05, 4.69) is 22.6 Å². The SMILES string of the molecule is C[C@@]1(C(=O)NCCc2ccccc2)CC(c2ccccc2)=NO1. The quantitative estimate of drug-likeness (QED) is 0.923. The molecule has 2 aromatic rings. The molecule has 0 aromatic heterocycles. The summed E-state index contributed by atoms with van der Waals surface area (Å²) in [5, 5.41) is 7.05. The Morgan fingerprint density at radius 3 is 2.48 bits per heavy atom. The van der Waals surface area contributed by atoms with Crippen molar-refractivity contribution in [2.24, 2.45) is 5.16 Å². The number of carbonyl (C=O) groups is 1. The van der Waals surface area contributed by atoms with E-state index in [1.54, 1.807) is 6.92 Å². The molecular formula is C19H20N2O2. The highest BCUT2D eigenvalue weighted by Crippen LogP contribution is 2.26. The molecule has 1 aliphatic rings. The van der Waals surface area contributed by atoms with Crippen LogP contribution in [0.4, 0.5) is 0 Å². The van der Waals surface area contributed by atoms with Gasteiger partial charge in [0.25, 0.3) is 5.91 Å². The van der Waals surface area contributed by atoms with Gasteiger partial charge in [-0.3, -0.25) is 4.79 Å². The van der Waals surface area contributed by atoms with Crippen LogP contribution in [0.25, 0.3) is 0 Å². The lowest BCUT2D eigenvalue weighted by molar-refractivity contribution is -0.141. The first-order valence-electron chi connectivity index (χ1n) is 7.80. The lowest BCUT2D eigenvalue weighted by atomic mass is 9.95. The highest BCUT2D eigenvalue weighted by molar-refractivity contribution is 6.05. The third-order valence-corrected chi connectivity index (χ3v) is 3.99. The lowest BCUT2D eigenvalue weighted by Crippen LogP contribution is -2.45. The summed E-state index contributed by atoms with van der Waals surface area (Å²) in [6, 6.07) is 19.9. The van der Waals surface area contributed by atoms with Crippen molar-refractivity contribution < 1.29 is 9.63 Å². The van der Waals surface area contributed by atoms with Crippen LogP contribution in [0.15, 0.2) is 65.8 Å². The van der Waals surface area contributed by atoms with Gasteiger partial charge in [-0.05, 0) is 24.5 Å². The second kappa shape index (κ2) is 6.65. The molecule has 0 saturated carbocycles. The Hall–Kier alpha value is -2.62. The van der Waals surface area contributed by atoms with E-state index in [0.717, 1.165) is 17.7 Å². The molecule has 1 heterocycles. The van der Waals surface area contributed by atoms with Crippen LogP contribution in [0.1, 0.15) is 24.5 Å². The number of nitrogens with one attached hydrogen (secondary N) is 1. The Balaban J connectivity index is 1.54. The third-order valence-electron chi connectivity index (χ3n) is 3.99. The van der Waals surface area contributed by atoms with Gasteiger partial charge in [-0.25, -0.2) is 0 Å². The van der Waals surface area contributed by atoms with Crippen molar-refractivity contribution in [1.29, 1.82) is 0 Å². The predicted octanol–water partition coefficient (Wildman–Crippen LogP) is 2.93. The van der Waals surface area contributed by atoms with E-state index in [0.29, 0.717) is 13.0 Å². The van der Waals surface area contributed by atoms with E-state index in [1.807, 2.05) is 48.5 Å². The molecular weight excluding hydrogens is 288 g/mol. The van der Waals surface area contributed by atoms with Gasteiger partial charge >= 0.3 is 0 Å². The monoisotopic (exact) mass is 308 g/mol.